The van der Waals surface area contributed by atoms with Gasteiger partial charge in [0.25, 0.3) is 0 Å². The maximum atomic E-state index is 12.4. The van der Waals surface area contributed by atoms with Gasteiger partial charge in [0.2, 0.25) is 5.75 Å². The average Bonchev–Trinajstić information content (AvgIpc) is 2.57. The maximum absolute atomic E-state index is 12.4. The van der Waals surface area contributed by atoms with Crippen LogP contribution in [0.5, 0.6) is 17.2 Å². The van der Waals surface area contributed by atoms with Crippen LogP contribution in [0.3, 0.4) is 0 Å². The van der Waals surface area contributed by atoms with E-state index in [9.17, 15) is 4.79 Å². The lowest BCUT2D eigenvalue weighted by molar-refractivity contribution is -0.125. The topological polar surface area (TPSA) is 48.0 Å². The van der Waals surface area contributed by atoms with Crippen molar-refractivity contribution in [3.8, 4) is 17.2 Å². The number of piperidine rings is 3. The van der Waals surface area contributed by atoms with Crippen LogP contribution in [0, 0.1) is 5.92 Å². The molecule has 0 amide bonds. The maximum Gasteiger partial charge on any atom is 0.203 e. The van der Waals surface area contributed by atoms with Crippen molar-refractivity contribution >= 4 is 11.9 Å². The number of hydrogen-bond acceptors (Lipinski definition) is 5. The molecule has 0 aliphatic carbocycles. The molecule has 0 spiro atoms. The first-order chi connectivity index (χ1) is 10.7. The molecule has 3 heterocycles. The molecule has 22 heavy (non-hydrogen) atoms. The zero-order valence-electron chi connectivity index (χ0n) is 13.2. The number of methoxy groups -OCH3 is 3. The second-order valence-corrected chi connectivity index (χ2v) is 5.61. The van der Waals surface area contributed by atoms with Crippen LogP contribution in [0.15, 0.2) is 17.8 Å². The number of ketones is 1. The smallest absolute Gasteiger partial charge is 0.203 e. The zero-order chi connectivity index (χ0) is 15.7. The highest BCUT2D eigenvalue weighted by Gasteiger charge is 2.36. The summed E-state index contributed by atoms with van der Waals surface area (Å²) in [5.41, 5.74) is 1.68. The molecule has 3 aliphatic rings. The summed E-state index contributed by atoms with van der Waals surface area (Å²) in [6.45, 7) is 1.93. The molecular formula is C17H21NO4. The molecule has 3 fully saturated rings. The van der Waals surface area contributed by atoms with E-state index >= 15 is 0 Å². The lowest BCUT2D eigenvalue weighted by Crippen LogP contribution is -2.45. The first-order valence-electron chi connectivity index (χ1n) is 7.48. The Balaban J connectivity index is 2.01. The highest BCUT2D eigenvalue weighted by atomic mass is 16.5. The summed E-state index contributed by atoms with van der Waals surface area (Å²) in [5, 5.41) is 0. The van der Waals surface area contributed by atoms with Gasteiger partial charge in [0.15, 0.2) is 17.3 Å². The predicted molar refractivity (Wildman–Crippen MR) is 83.4 cm³/mol. The van der Waals surface area contributed by atoms with Gasteiger partial charge < -0.3 is 19.1 Å². The van der Waals surface area contributed by atoms with Crippen molar-refractivity contribution in [3.05, 3.63) is 23.4 Å². The number of carbonyl (C=O) groups excluding carboxylic acids is 1. The average molecular weight is 303 g/mol. The van der Waals surface area contributed by atoms with E-state index in [4.69, 9.17) is 14.2 Å². The SMILES string of the molecule is COc1cc(/C=C2\C(=O)C3CCN2CC3)cc(OC)c1OC. The summed E-state index contributed by atoms with van der Waals surface area (Å²) in [6, 6.07) is 3.73. The van der Waals surface area contributed by atoms with Crippen LogP contribution in [-0.4, -0.2) is 45.1 Å². The molecule has 4 rings (SSSR count). The molecule has 3 saturated heterocycles. The third-order valence-corrected chi connectivity index (χ3v) is 4.45. The van der Waals surface area contributed by atoms with Crippen LogP contribution < -0.4 is 14.2 Å². The molecule has 0 radical (unpaired) electrons. The predicted octanol–water partition coefficient (Wildman–Crippen LogP) is 2.35. The molecule has 1 aromatic rings. The second kappa shape index (κ2) is 5.91. The van der Waals surface area contributed by atoms with Gasteiger partial charge in [-0.2, -0.15) is 0 Å². The van der Waals surface area contributed by atoms with E-state index in [0.29, 0.717) is 17.2 Å². The molecule has 3 aliphatic heterocycles. The number of allylic oxidation sites excluding steroid dienone is 1. The molecule has 1 aromatic carbocycles. The molecule has 0 saturated carbocycles. The highest BCUT2D eigenvalue weighted by Crippen LogP contribution is 2.39. The second-order valence-electron chi connectivity index (χ2n) is 5.61. The Morgan fingerprint density at radius 3 is 2.09 bits per heavy atom. The Kier molecular flexibility index (Phi) is 3.96. The van der Waals surface area contributed by atoms with E-state index in [1.54, 1.807) is 21.3 Å². The van der Waals surface area contributed by atoms with Gasteiger partial charge in [-0.1, -0.05) is 0 Å². The third-order valence-electron chi connectivity index (χ3n) is 4.45. The standard InChI is InChI=1S/C17H21NO4/c1-20-14-9-11(10-15(21-2)17(14)22-3)8-13-16(19)12-4-6-18(13)7-5-12/h8-10,12H,4-7H2,1-3H3/b13-8+. The Hall–Kier alpha value is -2.17. The Morgan fingerprint density at radius 2 is 1.64 bits per heavy atom. The van der Waals surface area contributed by atoms with E-state index in [1.165, 1.54) is 0 Å². The summed E-state index contributed by atoms with van der Waals surface area (Å²) in [5.74, 6) is 2.20. The summed E-state index contributed by atoms with van der Waals surface area (Å²) in [6.07, 6.45) is 3.88. The Bertz CT molecular complexity index is 590. The number of ether oxygens (including phenoxy) is 3. The van der Waals surface area contributed by atoms with Crippen molar-refractivity contribution in [3.63, 3.8) is 0 Å². The van der Waals surface area contributed by atoms with E-state index in [1.807, 2.05) is 18.2 Å². The number of rotatable bonds is 4. The fourth-order valence-corrected chi connectivity index (χ4v) is 3.25. The number of hydrogen-bond donors (Lipinski definition) is 0. The molecule has 5 nitrogen and oxygen atoms in total. The fraction of sp³-hybridized carbons (Fsp3) is 0.471. The molecule has 118 valence electrons. The molecular weight excluding hydrogens is 282 g/mol. The van der Waals surface area contributed by atoms with Crippen LogP contribution >= 0.6 is 0 Å². The fourth-order valence-electron chi connectivity index (χ4n) is 3.25. The van der Waals surface area contributed by atoms with Crippen molar-refractivity contribution in [2.24, 2.45) is 5.92 Å². The van der Waals surface area contributed by atoms with Crippen molar-refractivity contribution in [2.75, 3.05) is 34.4 Å². The minimum absolute atomic E-state index is 0.193. The van der Waals surface area contributed by atoms with Crippen LogP contribution in [0.25, 0.3) is 6.08 Å². The monoisotopic (exact) mass is 303 g/mol. The van der Waals surface area contributed by atoms with Gasteiger partial charge in [-0.3, -0.25) is 4.79 Å². The molecule has 5 heteroatoms. The van der Waals surface area contributed by atoms with Gasteiger partial charge in [0, 0.05) is 19.0 Å². The van der Waals surface area contributed by atoms with Gasteiger partial charge >= 0.3 is 0 Å². The largest absolute Gasteiger partial charge is 0.493 e. The van der Waals surface area contributed by atoms with E-state index in [2.05, 4.69) is 4.90 Å². The number of nitrogens with zero attached hydrogens (tertiary/aromatic N) is 1. The quantitative estimate of drug-likeness (QED) is 0.799. The van der Waals surface area contributed by atoms with Crippen molar-refractivity contribution < 1.29 is 19.0 Å². The minimum Gasteiger partial charge on any atom is -0.493 e. The van der Waals surface area contributed by atoms with E-state index in [0.717, 1.165) is 37.2 Å². The van der Waals surface area contributed by atoms with Gasteiger partial charge in [0.05, 0.1) is 27.0 Å². The number of fused-ring (bicyclic) bond motifs is 3. The summed E-state index contributed by atoms with van der Waals surface area (Å²) < 4.78 is 16.1. The Morgan fingerprint density at radius 1 is 1.05 bits per heavy atom. The molecule has 2 bridgehead atoms. The van der Waals surface area contributed by atoms with Crippen LogP contribution in [0.4, 0.5) is 0 Å². The first-order valence-corrected chi connectivity index (χ1v) is 7.48. The molecule has 0 N–H and O–H groups in total. The molecule has 0 aromatic heterocycles. The summed E-state index contributed by atoms with van der Waals surface area (Å²) in [7, 11) is 4.75. The first kappa shape index (κ1) is 14.8. The van der Waals surface area contributed by atoms with Crippen LogP contribution in [0.1, 0.15) is 18.4 Å². The lowest BCUT2D eigenvalue weighted by Gasteiger charge is -2.41. The van der Waals surface area contributed by atoms with E-state index < -0.39 is 0 Å². The Labute approximate surface area is 130 Å². The van der Waals surface area contributed by atoms with E-state index in [-0.39, 0.29) is 11.7 Å². The lowest BCUT2D eigenvalue weighted by atomic mass is 9.84. The van der Waals surface area contributed by atoms with Crippen LogP contribution in [-0.2, 0) is 4.79 Å². The highest BCUT2D eigenvalue weighted by molar-refractivity contribution is 6.02. The normalized spacial score (nSPS) is 19.7. The number of carbonyl (C=O) groups is 1. The van der Waals surface area contributed by atoms with Gasteiger partial charge in [-0.25, -0.2) is 0 Å². The van der Waals surface area contributed by atoms with Gasteiger partial charge in [-0.05, 0) is 36.6 Å². The molecule has 0 atom stereocenters. The zero-order valence-corrected chi connectivity index (χ0v) is 13.2. The summed E-state index contributed by atoms with van der Waals surface area (Å²) >= 11 is 0. The molecule has 0 unspecified atom stereocenters. The van der Waals surface area contributed by atoms with Gasteiger partial charge in [0.1, 0.15) is 0 Å². The summed E-state index contributed by atoms with van der Waals surface area (Å²) in [4.78, 5) is 14.6. The number of Topliss-reactive ketones (excluding diaryl/α,β-unsaturated/α-hetero) is 1. The van der Waals surface area contributed by atoms with Gasteiger partial charge in [-0.15, -0.1) is 0 Å². The minimum atomic E-state index is 0.193. The van der Waals surface area contributed by atoms with Crippen LogP contribution in [0.2, 0.25) is 0 Å². The van der Waals surface area contributed by atoms with Crippen molar-refractivity contribution in [1.82, 2.24) is 4.90 Å². The van der Waals surface area contributed by atoms with Crippen molar-refractivity contribution in [2.45, 2.75) is 12.8 Å². The number of benzene rings is 1. The third kappa shape index (κ3) is 2.40. The van der Waals surface area contributed by atoms with Crippen molar-refractivity contribution in [1.29, 1.82) is 0 Å².